The van der Waals surface area contributed by atoms with Crippen molar-refractivity contribution in [2.45, 2.75) is 19.8 Å². The lowest BCUT2D eigenvalue weighted by atomic mass is 10.1. The summed E-state index contributed by atoms with van der Waals surface area (Å²) in [7, 11) is 0. The molecule has 1 aromatic carbocycles. The van der Waals surface area contributed by atoms with E-state index in [1.54, 1.807) is 0 Å². The number of carbonyl (C=O) groups is 1. The fraction of sp³-hybridized carbons (Fsp3) is 0.231. The number of hydrogen-bond donors (Lipinski definition) is 0. The van der Waals surface area contributed by atoms with Gasteiger partial charge in [-0.25, -0.2) is 4.68 Å². The normalized spacial score (nSPS) is 10.8. The number of rotatable bonds is 3. The molecule has 0 N–H and O–H groups in total. The van der Waals surface area contributed by atoms with Crippen molar-refractivity contribution in [3.05, 3.63) is 46.2 Å². The maximum atomic E-state index is 10.8. The van der Waals surface area contributed by atoms with Gasteiger partial charge in [-0.1, -0.05) is 29.8 Å². The van der Waals surface area contributed by atoms with Crippen molar-refractivity contribution in [2.24, 2.45) is 0 Å². The lowest BCUT2D eigenvalue weighted by molar-refractivity contribution is 0.111. The third-order valence-corrected chi connectivity index (χ3v) is 3.07. The van der Waals surface area contributed by atoms with E-state index in [4.69, 9.17) is 0 Å². The highest BCUT2D eigenvalue weighted by molar-refractivity contribution is 9.10. The van der Waals surface area contributed by atoms with Crippen LogP contribution in [0, 0.1) is 0 Å². The molecule has 0 spiro atoms. The Bertz CT molecular complexity index is 529. The van der Waals surface area contributed by atoms with Gasteiger partial charge < -0.3 is 0 Å². The first kappa shape index (κ1) is 12.0. The third-order valence-electron chi connectivity index (χ3n) is 2.54. The lowest BCUT2D eigenvalue weighted by Crippen LogP contribution is -2.03. The monoisotopic (exact) mass is 292 g/mol. The summed E-state index contributed by atoms with van der Waals surface area (Å²) in [4.78, 5) is 10.8. The van der Waals surface area contributed by atoms with Crippen LogP contribution in [0.1, 0.15) is 35.9 Å². The minimum atomic E-state index is 0.319. The number of aromatic nitrogens is 2. The van der Waals surface area contributed by atoms with Crippen LogP contribution >= 0.6 is 15.9 Å². The number of halogens is 1. The van der Waals surface area contributed by atoms with Crippen molar-refractivity contribution in [3.8, 4) is 5.69 Å². The Labute approximate surface area is 109 Å². The largest absolute Gasteiger partial charge is 0.296 e. The van der Waals surface area contributed by atoms with Gasteiger partial charge in [0.25, 0.3) is 0 Å². The molecule has 0 unspecified atom stereocenters. The maximum absolute atomic E-state index is 10.8. The first-order chi connectivity index (χ1) is 8.11. The minimum absolute atomic E-state index is 0.319. The number of hydrogen-bond acceptors (Lipinski definition) is 2. The second-order valence-electron chi connectivity index (χ2n) is 4.15. The molecule has 3 nitrogen and oxygen atoms in total. The third kappa shape index (κ3) is 2.47. The van der Waals surface area contributed by atoms with Crippen molar-refractivity contribution < 1.29 is 4.79 Å². The van der Waals surface area contributed by atoms with Gasteiger partial charge in [0.1, 0.15) is 5.69 Å². The number of benzene rings is 1. The standard InChI is InChI=1S/C13H13BrN2O/c1-9(2)13-7-11(8-17)15-16(13)12-5-3-10(14)4-6-12/h3-9H,1-2H3. The summed E-state index contributed by atoms with van der Waals surface area (Å²) in [6.07, 6.45) is 0.779. The van der Waals surface area contributed by atoms with Crippen LogP contribution in [0.15, 0.2) is 34.8 Å². The Balaban J connectivity index is 2.53. The predicted octanol–water partition coefficient (Wildman–Crippen LogP) is 3.57. The lowest BCUT2D eigenvalue weighted by Gasteiger charge is -2.09. The van der Waals surface area contributed by atoms with Crippen LogP contribution in [0.5, 0.6) is 0 Å². The molecule has 0 atom stereocenters. The highest BCUT2D eigenvalue weighted by atomic mass is 79.9. The average molecular weight is 293 g/mol. The smallest absolute Gasteiger partial charge is 0.170 e. The Hall–Kier alpha value is -1.42. The van der Waals surface area contributed by atoms with Gasteiger partial charge in [-0.2, -0.15) is 5.10 Å². The summed E-state index contributed by atoms with van der Waals surface area (Å²) in [5, 5.41) is 4.28. The van der Waals surface area contributed by atoms with Gasteiger partial charge >= 0.3 is 0 Å². The topological polar surface area (TPSA) is 34.9 Å². The van der Waals surface area contributed by atoms with E-state index in [2.05, 4.69) is 34.9 Å². The van der Waals surface area contributed by atoms with Gasteiger partial charge in [-0.05, 0) is 36.2 Å². The van der Waals surface area contributed by atoms with Gasteiger partial charge in [0.15, 0.2) is 6.29 Å². The molecule has 1 heterocycles. The summed E-state index contributed by atoms with van der Waals surface area (Å²) < 4.78 is 2.84. The van der Waals surface area contributed by atoms with E-state index in [1.165, 1.54) is 0 Å². The molecule has 0 aliphatic carbocycles. The quantitative estimate of drug-likeness (QED) is 0.811. The molecule has 4 heteroatoms. The molecule has 2 aromatic rings. The van der Waals surface area contributed by atoms with E-state index < -0.39 is 0 Å². The summed E-state index contributed by atoms with van der Waals surface area (Å²) in [6.45, 7) is 4.17. The number of aldehydes is 1. The van der Waals surface area contributed by atoms with E-state index in [0.717, 1.165) is 22.1 Å². The SMILES string of the molecule is CC(C)c1cc(C=O)nn1-c1ccc(Br)cc1. The Morgan fingerprint density at radius 1 is 1.29 bits per heavy atom. The van der Waals surface area contributed by atoms with Crippen LogP contribution in [0.4, 0.5) is 0 Å². The van der Waals surface area contributed by atoms with Crippen LogP contribution in [0.3, 0.4) is 0 Å². The fourth-order valence-electron chi connectivity index (χ4n) is 1.67. The molecule has 2 rings (SSSR count). The summed E-state index contributed by atoms with van der Waals surface area (Å²) in [5.74, 6) is 0.319. The molecule has 0 saturated carbocycles. The van der Waals surface area contributed by atoms with E-state index in [-0.39, 0.29) is 0 Å². The molecule has 1 aromatic heterocycles. The van der Waals surface area contributed by atoms with Crippen molar-refractivity contribution in [1.29, 1.82) is 0 Å². The molecule has 88 valence electrons. The molecule has 17 heavy (non-hydrogen) atoms. The van der Waals surface area contributed by atoms with Gasteiger partial charge in [-0.15, -0.1) is 0 Å². The molecule has 0 saturated heterocycles. The molecule has 0 radical (unpaired) electrons. The van der Waals surface area contributed by atoms with Crippen molar-refractivity contribution in [3.63, 3.8) is 0 Å². The average Bonchev–Trinajstić information content (AvgIpc) is 2.74. The highest BCUT2D eigenvalue weighted by Crippen LogP contribution is 2.21. The zero-order valence-corrected chi connectivity index (χ0v) is 11.3. The van der Waals surface area contributed by atoms with Gasteiger partial charge in [0.2, 0.25) is 0 Å². The summed E-state index contributed by atoms with van der Waals surface area (Å²) >= 11 is 3.40. The zero-order valence-electron chi connectivity index (χ0n) is 9.72. The fourth-order valence-corrected chi connectivity index (χ4v) is 1.94. The van der Waals surface area contributed by atoms with Crippen LogP contribution in [-0.4, -0.2) is 16.1 Å². The van der Waals surface area contributed by atoms with Crippen molar-refractivity contribution in [2.75, 3.05) is 0 Å². The first-order valence-corrected chi connectivity index (χ1v) is 6.22. The van der Waals surface area contributed by atoms with Crippen LogP contribution < -0.4 is 0 Å². The Morgan fingerprint density at radius 2 is 1.94 bits per heavy atom. The van der Waals surface area contributed by atoms with Crippen LogP contribution in [0.2, 0.25) is 0 Å². The second-order valence-corrected chi connectivity index (χ2v) is 5.07. The molecular weight excluding hydrogens is 280 g/mol. The van der Waals surface area contributed by atoms with Crippen molar-refractivity contribution >= 4 is 22.2 Å². The van der Waals surface area contributed by atoms with Gasteiger partial charge in [0.05, 0.1) is 5.69 Å². The molecular formula is C13H13BrN2O. The number of carbonyl (C=O) groups excluding carboxylic acids is 1. The Kier molecular flexibility index (Phi) is 3.43. The second kappa shape index (κ2) is 4.84. The van der Waals surface area contributed by atoms with E-state index in [0.29, 0.717) is 11.6 Å². The molecule has 0 aliphatic rings. The first-order valence-electron chi connectivity index (χ1n) is 5.43. The molecule has 0 amide bonds. The van der Waals surface area contributed by atoms with Crippen LogP contribution in [0.25, 0.3) is 5.69 Å². The van der Waals surface area contributed by atoms with E-state index >= 15 is 0 Å². The number of nitrogens with zero attached hydrogens (tertiary/aromatic N) is 2. The molecule has 0 aliphatic heterocycles. The van der Waals surface area contributed by atoms with E-state index in [1.807, 2.05) is 35.0 Å². The van der Waals surface area contributed by atoms with Gasteiger partial charge in [0, 0.05) is 10.2 Å². The Morgan fingerprint density at radius 3 is 2.47 bits per heavy atom. The van der Waals surface area contributed by atoms with E-state index in [9.17, 15) is 4.79 Å². The summed E-state index contributed by atoms with van der Waals surface area (Å²) in [5.41, 5.74) is 2.47. The zero-order chi connectivity index (χ0) is 12.4. The highest BCUT2D eigenvalue weighted by Gasteiger charge is 2.12. The molecule has 0 fully saturated rings. The van der Waals surface area contributed by atoms with Crippen molar-refractivity contribution in [1.82, 2.24) is 9.78 Å². The van der Waals surface area contributed by atoms with Crippen LogP contribution in [-0.2, 0) is 0 Å². The maximum Gasteiger partial charge on any atom is 0.170 e. The molecule has 0 bridgehead atoms. The minimum Gasteiger partial charge on any atom is -0.296 e. The predicted molar refractivity (Wildman–Crippen MR) is 70.7 cm³/mol. The van der Waals surface area contributed by atoms with Gasteiger partial charge in [-0.3, -0.25) is 4.79 Å². The summed E-state index contributed by atoms with van der Waals surface area (Å²) in [6, 6.07) is 9.69.